The molecule has 1 atom stereocenters. The molecule has 7 nitrogen and oxygen atoms in total. The fourth-order valence-electron chi connectivity index (χ4n) is 3.47. The normalized spacial score (nSPS) is 15.5. The number of rotatable bonds is 6. The molecule has 1 aliphatic rings. The topological polar surface area (TPSA) is 73.1 Å². The number of carbonyl (C=O) groups excluding carboxylic acids is 1. The van der Waals surface area contributed by atoms with Crippen molar-refractivity contribution in [1.29, 1.82) is 0 Å². The van der Waals surface area contributed by atoms with Crippen molar-refractivity contribution in [2.45, 2.75) is 31.5 Å². The van der Waals surface area contributed by atoms with Gasteiger partial charge in [0.15, 0.2) is 0 Å². The Kier molecular flexibility index (Phi) is 5.29. The van der Waals surface area contributed by atoms with Crippen LogP contribution in [0.25, 0.3) is 5.69 Å². The Morgan fingerprint density at radius 3 is 2.75 bits per heavy atom. The third-order valence-corrected chi connectivity index (χ3v) is 5.54. The van der Waals surface area contributed by atoms with Crippen LogP contribution in [0.2, 0.25) is 0 Å². The Balaban J connectivity index is 1.52. The van der Waals surface area contributed by atoms with Gasteiger partial charge in [0.1, 0.15) is 11.4 Å². The number of anilines is 1. The molecule has 0 fully saturated rings. The van der Waals surface area contributed by atoms with Crippen LogP contribution in [0.3, 0.4) is 0 Å². The quantitative estimate of drug-likeness (QED) is 0.597. The molecular formula is C20H21N5O2S. The van der Waals surface area contributed by atoms with E-state index >= 15 is 0 Å². The Morgan fingerprint density at radius 1 is 1.18 bits per heavy atom. The van der Waals surface area contributed by atoms with Gasteiger partial charge in [-0.2, -0.15) is 4.68 Å². The van der Waals surface area contributed by atoms with E-state index in [1.807, 2.05) is 54.3 Å². The SMILES string of the molecule is CCOc1ccccc1-n1nnnc1SCC(=O)N1c2ccccc2C[C@@H]1C. The molecule has 2 heterocycles. The second kappa shape index (κ2) is 8.02. The van der Waals surface area contributed by atoms with Crippen molar-refractivity contribution in [2.75, 3.05) is 17.3 Å². The van der Waals surface area contributed by atoms with Crippen LogP contribution in [-0.4, -0.2) is 44.5 Å². The van der Waals surface area contributed by atoms with Gasteiger partial charge in [-0.05, 0) is 54.5 Å². The number of fused-ring (bicyclic) bond motifs is 1. The lowest BCUT2D eigenvalue weighted by Gasteiger charge is -2.22. The monoisotopic (exact) mass is 395 g/mol. The first-order valence-electron chi connectivity index (χ1n) is 9.22. The van der Waals surface area contributed by atoms with E-state index in [1.54, 1.807) is 4.68 Å². The lowest BCUT2D eigenvalue weighted by atomic mass is 10.1. The van der Waals surface area contributed by atoms with Gasteiger partial charge in [0.2, 0.25) is 11.1 Å². The lowest BCUT2D eigenvalue weighted by molar-refractivity contribution is -0.116. The maximum atomic E-state index is 12.9. The summed E-state index contributed by atoms with van der Waals surface area (Å²) < 4.78 is 7.29. The lowest BCUT2D eigenvalue weighted by Crippen LogP contribution is -2.37. The van der Waals surface area contributed by atoms with Crippen molar-refractivity contribution >= 4 is 23.4 Å². The van der Waals surface area contributed by atoms with Gasteiger partial charge < -0.3 is 9.64 Å². The molecule has 0 bridgehead atoms. The fraction of sp³-hybridized carbons (Fsp3) is 0.300. The minimum absolute atomic E-state index is 0.0510. The number of benzene rings is 2. The molecule has 0 radical (unpaired) electrons. The van der Waals surface area contributed by atoms with Gasteiger partial charge >= 0.3 is 0 Å². The highest BCUT2D eigenvalue weighted by Crippen LogP contribution is 2.33. The Morgan fingerprint density at radius 2 is 1.93 bits per heavy atom. The largest absolute Gasteiger partial charge is 0.492 e. The first-order valence-corrected chi connectivity index (χ1v) is 10.2. The summed E-state index contributed by atoms with van der Waals surface area (Å²) in [6, 6.07) is 15.8. The van der Waals surface area contributed by atoms with E-state index in [9.17, 15) is 4.79 Å². The first kappa shape index (κ1) is 18.5. The molecule has 0 saturated heterocycles. The summed E-state index contributed by atoms with van der Waals surface area (Å²) >= 11 is 1.33. The molecule has 0 saturated carbocycles. The third kappa shape index (κ3) is 3.47. The summed E-state index contributed by atoms with van der Waals surface area (Å²) in [5.41, 5.74) is 2.97. The number of thioether (sulfide) groups is 1. The second-order valence-electron chi connectivity index (χ2n) is 6.51. The predicted molar refractivity (Wildman–Crippen MR) is 108 cm³/mol. The molecule has 1 aliphatic heterocycles. The van der Waals surface area contributed by atoms with E-state index in [2.05, 4.69) is 28.5 Å². The predicted octanol–water partition coefficient (Wildman–Crippen LogP) is 3.13. The number of nitrogens with zero attached hydrogens (tertiary/aromatic N) is 5. The zero-order valence-electron chi connectivity index (χ0n) is 15.8. The molecule has 0 spiro atoms. The number of carbonyl (C=O) groups is 1. The van der Waals surface area contributed by atoms with Gasteiger partial charge in [0.25, 0.3) is 0 Å². The summed E-state index contributed by atoms with van der Waals surface area (Å²) in [6.07, 6.45) is 0.881. The van der Waals surface area contributed by atoms with Crippen molar-refractivity contribution in [1.82, 2.24) is 20.2 Å². The summed E-state index contributed by atoms with van der Waals surface area (Å²) in [4.78, 5) is 14.8. The van der Waals surface area contributed by atoms with Crippen LogP contribution >= 0.6 is 11.8 Å². The van der Waals surface area contributed by atoms with Gasteiger partial charge in [-0.3, -0.25) is 4.79 Å². The van der Waals surface area contributed by atoms with Crippen molar-refractivity contribution in [3.63, 3.8) is 0 Å². The molecule has 3 aromatic rings. The van der Waals surface area contributed by atoms with Crippen LogP contribution in [0.15, 0.2) is 53.7 Å². The van der Waals surface area contributed by atoms with Crippen molar-refractivity contribution in [3.05, 3.63) is 54.1 Å². The highest BCUT2D eigenvalue weighted by Gasteiger charge is 2.30. The summed E-state index contributed by atoms with van der Waals surface area (Å²) in [7, 11) is 0. The minimum atomic E-state index is 0.0510. The number of hydrogen-bond acceptors (Lipinski definition) is 6. The Hall–Kier alpha value is -2.87. The molecule has 1 aromatic heterocycles. The average Bonchev–Trinajstić information content (AvgIpc) is 3.30. The van der Waals surface area contributed by atoms with Gasteiger partial charge in [0, 0.05) is 11.7 Å². The number of amides is 1. The van der Waals surface area contributed by atoms with Crippen LogP contribution in [0, 0.1) is 0 Å². The van der Waals surface area contributed by atoms with Crippen LogP contribution in [-0.2, 0) is 11.2 Å². The first-order chi connectivity index (χ1) is 13.7. The van der Waals surface area contributed by atoms with Gasteiger partial charge in [-0.25, -0.2) is 0 Å². The minimum Gasteiger partial charge on any atom is -0.492 e. The zero-order chi connectivity index (χ0) is 19.5. The summed E-state index contributed by atoms with van der Waals surface area (Å²) in [6.45, 7) is 4.55. The summed E-state index contributed by atoms with van der Waals surface area (Å²) in [5.74, 6) is 1.01. The number of aromatic nitrogens is 4. The fourth-order valence-corrected chi connectivity index (χ4v) is 4.21. The second-order valence-corrected chi connectivity index (χ2v) is 7.45. The maximum Gasteiger partial charge on any atom is 0.237 e. The molecule has 28 heavy (non-hydrogen) atoms. The van der Waals surface area contributed by atoms with Crippen molar-refractivity contribution in [2.24, 2.45) is 0 Å². The van der Waals surface area contributed by atoms with E-state index in [4.69, 9.17) is 4.74 Å². The number of para-hydroxylation sites is 3. The molecule has 0 unspecified atom stereocenters. The molecule has 4 rings (SSSR count). The van der Waals surface area contributed by atoms with E-state index in [1.165, 1.54) is 17.3 Å². The van der Waals surface area contributed by atoms with Crippen molar-refractivity contribution in [3.8, 4) is 11.4 Å². The van der Waals surface area contributed by atoms with Crippen LogP contribution in [0.1, 0.15) is 19.4 Å². The van der Waals surface area contributed by atoms with Crippen LogP contribution < -0.4 is 9.64 Å². The van der Waals surface area contributed by atoms with Crippen LogP contribution in [0.4, 0.5) is 5.69 Å². The molecular weight excluding hydrogens is 374 g/mol. The van der Waals surface area contributed by atoms with E-state index in [0.29, 0.717) is 17.5 Å². The number of ether oxygens (including phenoxy) is 1. The third-order valence-electron chi connectivity index (χ3n) is 4.63. The van der Waals surface area contributed by atoms with Gasteiger partial charge in [-0.1, -0.05) is 42.1 Å². The standard InChI is InChI=1S/C20H21N5O2S/c1-3-27-18-11-7-6-10-17(18)25-20(21-22-23-25)28-13-19(26)24-14(2)12-15-8-4-5-9-16(15)24/h4-11,14H,3,12-13H2,1-2H3/t14-/m0/s1. The van der Waals surface area contributed by atoms with E-state index in [0.717, 1.165) is 17.8 Å². The average molecular weight is 395 g/mol. The van der Waals surface area contributed by atoms with E-state index < -0.39 is 0 Å². The Bertz CT molecular complexity index is 990. The molecule has 8 heteroatoms. The molecule has 144 valence electrons. The maximum absolute atomic E-state index is 12.9. The van der Waals surface area contributed by atoms with Crippen LogP contribution in [0.5, 0.6) is 5.75 Å². The molecule has 2 aromatic carbocycles. The highest BCUT2D eigenvalue weighted by atomic mass is 32.2. The van der Waals surface area contributed by atoms with E-state index in [-0.39, 0.29) is 17.7 Å². The van der Waals surface area contributed by atoms with Crippen molar-refractivity contribution < 1.29 is 9.53 Å². The number of hydrogen-bond donors (Lipinski definition) is 0. The molecule has 1 amide bonds. The molecule has 0 N–H and O–H groups in total. The van der Waals surface area contributed by atoms with Gasteiger partial charge in [-0.15, -0.1) is 5.10 Å². The number of tetrazole rings is 1. The molecule has 0 aliphatic carbocycles. The Labute approximate surface area is 167 Å². The summed E-state index contributed by atoms with van der Waals surface area (Å²) in [5, 5.41) is 12.5. The zero-order valence-corrected chi connectivity index (χ0v) is 16.6. The highest BCUT2D eigenvalue weighted by molar-refractivity contribution is 7.99. The van der Waals surface area contributed by atoms with Gasteiger partial charge in [0.05, 0.1) is 12.4 Å². The smallest absolute Gasteiger partial charge is 0.237 e.